The lowest BCUT2D eigenvalue weighted by Gasteiger charge is -2.24. The van der Waals surface area contributed by atoms with Gasteiger partial charge < -0.3 is 15.6 Å². The van der Waals surface area contributed by atoms with Gasteiger partial charge in [-0.2, -0.15) is 0 Å². The molecular formula is C21H18N4O3. The number of likely N-dealkylation sites (tertiary alicyclic amines) is 1. The second-order valence-corrected chi connectivity index (χ2v) is 8.01. The van der Waals surface area contributed by atoms with Crippen LogP contribution in [0.1, 0.15) is 22.5 Å². The van der Waals surface area contributed by atoms with Gasteiger partial charge in [-0.3, -0.25) is 14.5 Å². The number of benzene rings is 1. The van der Waals surface area contributed by atoms with Gasteiger partial charge in [0.25, 0.3) is 5.91 Å². The number of piperidine rings is 1. The molecule has 1 aromatic carbocycles. The Morgan fingerprint density at radius 2 is 2.11 bits per heavy atom. The van der Waals surface area contributed by atoms with Crippen LogP contribution >= 0.6 is 0 Å². The van der Waals surface area contributed by atoms with Gasteiger partial charge in [0.05, 0.1) is 5.41 Å². The van der Waals surface area contributed by atoms with E-state index in [0.717, 1.165) is 34.3 Å². The fourth-order valence-electron chi connectivity index (χ4n) is 5.26. The fraction of sp³-hybridized carbons (Fsp3) is 0.286. The van der Waals surface area contributed by atoms with Gasteiger partial charge in [0.15, 0.2) is 5.78 Å². The lowest BCUT2D eigenvalue weighted by molar-refractivity contribution is -0.118. The zero-order chi connectivity index (χ0) is 19.2. The molecule has 1 saturated carbocycles. The second-order valence-electron chi connectivity index (χ2n) is 8.01. The summed E-state index contributed by atoms with van der Waals surface area (Å²) in [6, 6.07) is 5.14. The Kier molecular flexibility index (Phi) is 2.76. The van der Waals surface area contributed by atoms with Crippen molar-refractivity contribution in [2.45, 2.75) is 12.8 Å². The summed E-state index contributed by atoms with van der Waals surface area (Å²) in [5, 5.41) is 0.942. The third-order valence-electron chi connectivity index (χ3n) is 6.71. The van der Waals surface area contributed by atoms with E-state index in [2.05, 4.69) is 4.98 Å². The number of anilines is 1. The molecule has 0 radical (unpaired) electrons. The molecule has 28 heavy (non-hydrogen) atoms. The van der Waals surface area contributed by atoms with Crippen LogP contribution in [0.5, 0.6) is 0 Å². The highest BCUT2D eigenvalue weighted by Crippen LogP contribution is 2.65. The molecule has 1 aromatic heterocycles. The number of fused-ring (bicyclic) bond motifs is 3. The van der Waals surface area contributed by atoms with Gasteiger partial charge in [-0.1, -0.05) is 6.08 Å². The molecule has 6 rings (SSSR count). The van der Waals surface area contributed by atoms with Crippen molar-refractivity contribution in [1.82, 2.24) is 9.88 Å². The van der Waals surface area contributed by atoms with Crippen LogP contribution in [-0.4, -0.2) is 40.7 Å². The smallest absolute Gasteiger partial charge is 0.319 e. The molecule has 2 atom stereocenters. The molecule has 2 aliphatic carbocycles. The standard InChI is InChI=1S/C21H18N4O3/c22-20(28)24-7-6-12-13-8-15(23-14(13)4-5-16(12)24)19(27)25-10-11-9-21(11)17(25)2-1-3-18(21)26/h1-5,8,11,23H,6-7,9-10H2,(H2,22,28). The summed E-state index contributed by atoms with van der Waals surface area (Å²) < 4.78 is 0. The van der Waals surface area contributed by atoms with E-state index < -0.39 is 11.4 Å². The summed E-state index contributed by atoms with van der Waals surface area (Å²) in [5.41, 5.74) is 9.04. The Bertz CT molecular complexity index is 1170. The number of amides is 3. The summed E-state index contributed by atoms with van der Waals surface area (Å²) in [6.45, 7) is 1.14. The van der Waals surface area contributed by atoms with E-state index in [-0.39, 0.29) is 17.6 Å². The molecule has 7 heteroatoms. The highest BCUT2D eigenvalue weighted by Gasteiger charge is 2.68. The number of H-pyrrole nitrogens is 1. The number of hydrogen-bond donors (Lipinski definition) is 2. The van der Waals surface area contributed by atoms with Crippen molar-refractivity contribution in [3.63, 3.8) is 0 Å². The third-order valence-corrected chi connectivity index (χ3v) is 6.71. The van der Waals surface area contributed by atoms with Crippen molar-refractivity contribution < 1.29 is 14.4 Å². The van der Waals surface area contributed by atoms with E-state index in [1.165, 1.54) is 0 Å². The summed E-state index contributed by atoms with van der Waals surface area (Å²) in [6.07, 6.45) is 6.81. The number of carbonyl (C=O) groups is 3. The predicted molar refractivity (Wildman–Crippen MR) is 103 cm³/mol. The van der Waals surface area contributed by atoms with E-state index in [9.17, 15) is 14.4 Å². The van der Waals surface area contributed by atoms with Crippen molar-refractivity contribution in [3.05, 3.63) is 53.4 Å². The molecule has 7 nitrogen and oxygen atoms in total. The zero-order valence-corrected chi connectivity index (χ0v) is 15.1. The number of aromatic nitrogens is 1. The average molecular weight is 374 g/mol. The number of aromatic amines is 1. The topological polar surface area (TPSA) is 99.5 Å². The number of urea groups is 1. The summed E-state index contributed by atoms with van der Waals surface area (Å²) in [5.74, 6) is 0.236. The van der Waals surface area contributed by atoms with E-state index in [1.807, 2.05) is 24.3 Å². The Morgan fingerprint density at radius 1 is 1.25 bits per heavy atom. The highest BCUT2D eigenvalue weighted by atomic mass is 16.2. The molecular weight excluding hydrogens is 356 g/mol. The van der Waals surface area contributed by atoms with Crippen LogP contribution in [0.15, 0.2) is 42.1 Å². The molecule has 3 heterocycles. The Morgan fingerprint density at radius 3 is 2.93 bits per heavy atom. The minimum atomic E-state index is -0.464. The van der Waals surface area contributed by atoms with Gasteiger partial charge in [-0.25, -0.2) is 4.79 Å². The molecule has 2 unspecified atom stereocenters. The first kappa shape index (κ1) is 15.7. The van der Waals surface area contributed by atoms with E-state index in [0.29, 0.717) is 25.2 Å². The molecule has 0 bridgehead atoms. The normalized spacial score (nSPS) is 26.9. The maximum absolute atomic E-state index is 13.2. The van der Waals surface area contributed by atoms with Gasteiger partial charge >= 0.3 is 6.03 Å². The second kappa shape index (κ2) is 4.92. The lowest BCUT2D eigenvalue weighted by atomic mass is 9.91. The highest BCUT2D eigenvalue weighted by molar-refractivity contribution is 6.07. The number of carbonyl (C=O) groups excluding carboxylic acids is 3. The number of hydrogen-bond acceptors (Lipinski definition) is 3. The Balaban J connectivity index is 1.39. The van der Waals surface area contributed by atoms with Crippen molar-refractivity contribution in [2.24, 2.45) is 17.1 Å². The molecule has 1 saturated heterocycles. The monoisotopic (exact) mass is 374 g/mol. The van der Waals surface area contributed by atoms with E-state index >= 15 is 0 Å². The molecule has 2 fully saturated rings. The van der Waals surface area contributed by atoms with Crippen LogP contribution in [-0.2, 0) is 11.2 Å². The summed E-state index contributed by atoms with van der Waals surface area (Å²) in [4.78, 5) is 43.8. The largest absolute Gasteiger partial charge is 0.351 e. The van der Waals surface area contributed by atoms with Crippen molar-refractivity contribution in [2.75, 3.05) is 18.0 Å². The lowest BCUT2D eigenvalue weighted by Crippen LogP contribution is -2.33. The Labute approximate surface area is 160 Å². The van der Waals surface area contributed by atoms with E-state index in [4.69, 9.17) is 5.73 Å². The van der Waals surface area contributed by atoms with Crippen molar-refractivity contribution in [1.29, 1.82) is 0 Å². The number of nitrogens with two attached hydrogens (primary N) is 1. The molecule has 4 aliphatic rings. The SMILES string of the molecule is NC(=O)N1CCc2c1ccc1[nH]c(C(=O)N3CC4CC45C(=O)C=CC=C35)cc21. The van der Waals surface area contributed by atoms with E-state index in [1.54, 1.807) is 22.0 Å². The number of ketones is 1. The van der Waals surface area contributed by atoms with Gasteiger partial charge in [0, 0.05) is 35.4 Å². The zero-order valence-electron chi connectivity index (χ0n) is 15.1. The maximum Gasteiger partial charge on any atom is 0.319 e. The van der Waals surface area contributed by atoms with Gasteiger partial charge in [0.2, 0.25) is 0 Å². The summed E-state index contributed by atoms with van der Waals surface area (Å²) >= 11 is 0. The van der Waals surface area contributed by atoms with Crippen LogP contribution in [0.3, 0.4) is 0 Å². The van der Waals surface area contributed by atoms with Crippen LogP contribution in [0.25, 0.3) is 10.9 Å². The summed E-state index contributed by atoms with van der Waals surface area (Å²) in [7, 11) is 0. The van der Waals surface area contributed by atoms with Crippen molar-refractivity contribution in [3.8, 4) is 0 Å². The molecule has 1 spiro atoms. The molecule has 140 valence electrons. The minimum absolute atomic E-state index is 0.115. The first-order valence-corrected chi connectivity index (χ1v) is 9.47. The Hall–Kier alpha value is -3.35. The number of nitrogens with zero attached hydrogens (tertiary/aromatic N) is 2. The quantitative estimate of drug-likeness (QED) is 0.799. The number of allylic oxidation sites excluding steroid dienone is 4. The van der Waals surface area contributed by atoms with Crippen LogP contribution in [0, 0.1) is 11.3 Å². The van der Waals surface area contributed by atoms with Crippen molar-refractivity contribution >= 4 is 34.3 Å². The maximum atomic E-state index is 13.2. The number of nitrogens with one attached hydrogen (secondary N) is 1. The van der Waals surface area contributed by atoms with Crippen LogP contribution in [0.2, 0.25) is 0 Å². The number of primary amides is 1. The first-order chi connectivity index (χ1) is 13.5. The first-order valence-electron chi connectivity index (χ1n) is 9.47. The van der Waals surface area contributed by atoms with Gasteiger partial charge in [-0.15, -0.1) is 0 Å². The average Bonchev–Trinajstić information content (AvgIpc) is 3.05. The van der Waals surface area contributed by atoms with Gasteiger partial charge in [-0.05, 0) is 54.7 Å². The third kappa shape index (κ3) is 1.76. The molecule has 3 amide bonds. The van der Waals surface area contributed by atoms with Crippen LogP contribution < -0.4 is 10.6 Å². The minimum Gasteiger partial charge on any atom is -0.351 e. The molecule has 2 aliphatic heterocycles. The van der Waals surface area contributed by atoms with Crippen LogP contribution in [0.4, 0.5) is 10.5 Å². The predicted octanol–water partition coefficient (Wildman–Crippen LogP) is 2.09. The van der Waals surface area contributed by atoms with Gasteiger partial charge in [0.1, 0.15) is 5.69 Å². The number of rotatable bonds is 1. The molecule has 2 aromatic rings. The molecule has 3 N–H and O–H groups in total. The fourth-order valence-corrected chi connectivity index (χ4v) is 5.26.